The number of thiazole rings is 1. The number of nitrogens with zero attached hydrogens (tertiary/aromatic N) is 2. The number of hydrogen-bond donors (Lipinski definition) is 1. The first kappa shape index (κ1) is 21.6. The Balaban J connectivity index is 1.96. The van der Waals surface area contributed by atoms with Gasteiger partial charge in [0.2, 0.25) is 0 Å². The van der Waals surface area contributed by atoms with Crippen molar-refractivity contribution < 1.29 is 19.4 Å². The Morgan fingerprint density at radius 2 is 1.97 bits per heavy atom. The maximum Gasteiger partial charge on any atom is 0.338 e. The van der Waals surface area contributed by atoms with E-state index < -0.39 is 12.0 Å². The number of aromatic hydroxyl groups is 1. The van der Waals surface area contributed by atoms with Gasteiger partial charge < -0.3 is 14.6 Å². The molecule has 0 saturated heterocycles. The van der Waals surface area contributed by atoms with Gasteiger partial charge in [-0.1, -0.05) is 53.8 Å². The molecule has 0 saturated carbocycles. The molecule has 164 valence electrons. The number of hydrogen-bond acceptors (Lipinski definition) is 7. The Kier molecular flexibility index (Phi) is 5.96. The van der Waals surface area contributed by atoms with Crippen molar-refractivity contribution in [2.24, 2.45) is 4.99 Å². The van der Waals surface area contributed by atoms with Gasteiger partial charge in [-0.05, 0) is 31.6 Å². The molecule has 7 nitrogen and oxygen atoms in total. The van der Waals surface area contributed by atoms with Crippen LogP contribution in [-0.2, 0) is 9.53 Å². The van der Waals surface area contributed by atoms with E-state index in [4.69, 9.17) is 9.47 Å². The first-order valence-corrected chi connectivity index (χ1v) is 10.9. The molecule has 1 aliphatic rings. The topological polar surface area (TPSA) is 90.1 Å². The van der Waals surface area contributed by atoms with Crippen LogP contribution in [-0.4, -0.2) is 29.4 Å². The average molecular weight is 451 g/mol. The predicted molar refractivity (Wildman–Crippen MR) is 121 cm³/mol. The third-order valence-corrected chi connectivity index (χ3v) is 6.15. The molecule has 0 fully saturated rings. The summed E-state index contributed by atoms with van der Waals surface area (Å²) < 4.78 is 12.3. The first-order chi connectivity index (χ1) is 15.5. The minimum atomic E-state index is -0.660. The smallest absolute Gasteiger partial charge is 0.338 e. The predicted octanol–water partition coefficient (Wildman–Crippen LogP) is 2.51. The molecule has 2 aromatic carbocycles. The second kappa shape index (κ2) is 8.84. The average Bonchev–Trinajstić information content (AvgIpc) is 3.09. The maximum atomic E-state index is 13.5. The molecule has 1 N–H and O–H groups in total. The highest BCUT2D eigenvalue weighted by Gasteiger charge is 2.33. The maximum absolute atomic E-state index is 13.5. The summed E-state index contributed by atoms with van der Waals surface area (Å²) in [5, 5.41) is 10.4. The van der Waals surface area contributed by atoms with E-state index in [1.54, 1.807) is 38.1 Å². The second-order valence-electron chi connectivity index (χ2n) is 7.11. The van der Waals surface area contributed by atoms with E-state index in [0.717, 1.165) is 5.56 Å². The minimum Gasteiger partial charge on any atom is -0.504 e. The molecule has 0 radical (unpaired) electrons. The van der Waals surface area contributed by atoms with Crippen molar-refractivity contribution in [1.29, 1.82) is 0 Å². The SMILES string of the molecule is CCOC(=O)C1=C(C)N=c2s/c(=C\c3cccc(OC)c3O)c(=O)n2[C@@H]1c1ccccc1. The quantitative estimate of drug-likeness (QED) is 0.604. The third kappa shape index (κ3) is 3.73. The minimum absolute atomic E-state index is 0.0520. The van der Waals surface area contributed by atoms with Gasteiger partial charge in [-0.3, -0.25) is 9.36 Å². The number of methoxy groups -OCH3 is 1. The third-order valence-electron chi connectivity index (χ3n) is 5.17. The van der Waals surface area contributed by atoms with Gasteiger partial charge in [0.1, 0.15) is 0 Å². The lowest BCUT2D eigenvalue weighted by Crippen LogP contribution is -2.39. The molecule has 0 spiro atoms. The van der Waals surface area contributed by atoms with Crippen LogP contribution < -0.4 is 19.6 Å². The largest absolute Gasteiger partial charge is 0.504 e. The number of carbonyl (C=O) groups is 1. The number of allylic oxidation sites excluding steroid dienone is 1. The van der Waals surface area contributed by atoms with E-state index in [-0.39, 0.29) is 17.9 Å². The fourth-order valence-electron chi connectivity index (χ4n) is 3.70. The molecular formula is C24H22N2O5S. The van der Waals surface area contributed by atoms with E-state index in [1.165, 1.54) is 23.0 Å². The highest BCUT2D eigenvalue weighted by atomic mass is 32.1. The number of aromatic nitrogens is 1. The molecule has 8 heteroatoms. The number of phenolic OH excluding ortho intramolecular Hbond substituents is 1. The van der Waals surface area contributed by atoms with Crippen LogP contribution >= 0.6 is 11.3 Å². The molecule has 0 unspecified atom stereocenters. The van der Waals surface area contributed by atoms with Gasteiger partial charge in [-0.2, -0.15) is 0 Å². The van der Waals surface area contributed by atoms with E-state index in [9.17, 15) is 14.7 Å². The Morgan fingerprint density at radius 3 is 2.66 bits per heavy atom. The summed E-state index contributed by atoms with van der Waals surface area (Å²) in [7, 11) is 1.46. The summed E-state index contributed by atoms with van der Waals surface area (Å²) in [4.78, 5) is 31.3. The van der Waals surface area contributed by atoms with Crippen LogP contribution in [0.15, 0.2) is 69.6 Å². The van der Waals surface area contributed by atoms with Crippen LogP contribution in [0.25, 0.3) is 6.08 Å². The van der Waals surface area contributed by atoms with Crippen LogP contribution in [0.5, 0.6) is 11.5 Å². The summed E-state index contributed by atoms with van der Waals surface area (Å²) in [6.07, 6.45) is 1.60. The normalized spacial score (nSPS) is 15.8. The van der Waals surface area contributed by atoms with Crippen molar-refractivity contribution >= 4 is 23.4 Å². The van der Waals surface area contributed by atoms with E-state index in [0.29, 0.717) is 31.9 Å². The number of phenols is 1. The van der Waals surface area contributed by atoms with Gasteiger partial charge in [0, 0.05) is 5.56 Å². The Labute approximate surface area is 188 Å². The van der Waals surface area contributed by atoms with Gasteiger partial charge >= 0.3 is 5.97 Å². The van der Waals surface area contributed by atoms with Crippen LogP contribution in [0.2, 0.25) is 0 Å². The molecule has 0 amide bonds. The van der Waals surface area contributed by atoms with Crippen molar-refractivity contribution in [3.8, 4) is 11.5 Å². The standard InChI is InChI=1S/C24H22N2O5S/c1-4-31-23(29)19-14(2)25-24-26(20(19)15-9-6-5-7-10-15)22(28)18(32-24)13-16-11-8-12-17(30-3)21(16)27/h5-13,20,27H,4H2,1-3H3/b18-13-/t20-/m1/s1. The first-order valence-electron chi connectivity index (χ1n) is 10.1. The molecule has 3 aromatic rings. The molecule has 1 atom stereocenters. The van der Waals surface area contributed by atoms with Gasteiger partial charge in [-0.15, -0.1) is 0 Å². The Bertz CT molecular complexity index is 1390. The monoisotopic (exact) mass is 450 g/mol. The van der Waals surface area contributed by atoms with E-state index >= 15 is 0 Å². The Hall–Kier alpha value is -3.65. The van der Waals surface area contributed by atoms with Crippen molar-refractivity contribution in [3.63, 3.8) is 0 Å². The van der Waals surface area contributed by atoms with Gasteiger partial charge in [0.15, 0.2) is 16.3 Å². The molecule has 32 heavy (non-hydrogen) atoms. The van der Waals surface area contributed by atoms with Crippen molar-refractivity contribution in [2.75, 3.05) is 13.7 Å². The van der Waals surface area contributed by atoms with E-state index in [1.807, 2.05) is 30.3 Å². The van der Waals surface area contributed by atoms with Crippen molar-refractivity contribution in [2.45, 2.75) is 19.9 Å². The summed E-state index contributed by atoms with van der Waals surface area (Å²) in [6, 6.07) is 13.7. The van der Waals surface area contributed by atoms with Crippen LogP contribution in [0.4, 0.5) is 0 Å². The Morgan fingerprint density at radius 1 is 1.22 bits per heavy atom. The number of rotatable bonds is 5. The lowest BCUT2D eigenvalue weighted by molar-refractivity contribution is -0.139. The molecule has 1 aromatic heterocycles. The number of para-hydroxylation sites is 1. The van der Waals surface area contributed by atoms with Crippen molar-refractivity contribution in [3.05, 3.63) is 90.6 Å². The van der Waals surface area contributed by atoms with Crippen LogP contribution in [0, 0.1) is 0 Å². The van der Waals surface area contributed by atoms with Crippen LogP contribution in [0.1, 0.15) is 31.0 Å². The number of esters is 1. The molecule has 1 aliphatic heterocycles. The van der Waals surface area contributed by atoms with Gasteiger partial charge in [0.05, 0.1) is 35.6 Å². The van der Waals surface area contributed by atoms with Gasteiger partial charge in [-0.25, -0.2) is 9.79 Å². The summed E-state index contributed by atoms with van der Waals surface area (Å²) in [6.45, 7) is 3.70. The highest BCUT2D eigenvalue weighted by molar-refractivity contribution is 7.07. The summed E-state index contributed by atoms with van der Waals surface area (Å²) >= 11 is 1.20. The fraction of sp³-hybridized carbons (Fsp3) is 0.208. The highest BCUT2D eigenvalue weighted by Crippen LogP contribution is 2.31. The lowest BCUT2D eigenvalue weighted by Gasteiger charge is -2.24. The van der Waals surface area contributed by atoms with E-state index in [2.05, 4.69) is 4.99 Å². The molecule has 2 heterocycles. The van der Waals surface area contributed by atoms with Crippen LogP contribution in [0.3, 0.4) is 0 Å². The van der Waals surface area contributed by atoms with Gasteiger partial charge in [0.25, 0.3) is 5.56 Å². The zero-order valence-electron chi connectivity index (χ0n) is 17.9. The second-order valence-corrected chi connectivity index (χ2v) is 8.12. The number of benzene rings is 2. The lowest BCUT2D eigenvalue weighted by atomic mass is 9.96. The molecule has 4 rings (SSSR count). The fourth-order valence-corrected chi connectivity index (χ4v) is 4.74. The summed E-state index contributed by atoms with van der Waals surface area (Å²) in [5.41, 5.74) is 1.77. The molecular weight excluding hydrogens is 428 g/mol. The number of carbonyl (C=O) groups excluding carboxylic acids is 1. The molecule has 0 bridgehead atoms. The summed E-state index contributed by atoms with van der Waals surface area (Å²) in [5.74, 6) is -0.236. The zero-order valence-corrected chi connectivity index (χ0v) is 18.7. The molecule has 0 aliphatic carbocycles. The zero-order chi connectivity index (χ0) is 22.8. The van der Waals surface area contributed by atoms with Crippen molar-refractivity contribution in [1.82, 2.24) is 4.57 Å². The number of fused-ring (bicyclic) bond motifs is 1. The number of ether oxygens (including phenoxy) is 2.